The van der Waals surface area contributed by atoms with Gasteiger partial charge in [-0.25, -0.2) is 5.43 Å². The van der Waals surface area contributed by atoms with Crippen LogP contribution in [0.15, 0.2) is 41.5 Å². The molecule has 0 heterocycles. The van der Waals surface area contributed by atoms with E-state index in [9.17, 15) is 9.59 Å². The van der Waals surface area contributed by atoms with Crippen LogP contribution in [-0.2, 0) is 4.79 Å². The second-order valence-electron chi connectivity index (χ2n) is 5.21. The average Bonchev–Trinajstić information content (AvgIpc) is 2.67. The van der Waals surface area contributed by atoms with Gasteiger partial charge < -0.3 is 14.8 Å². The normalized spacial score (nSPS) is 10.5. The van der Waals surface area contributed by atoms with Crippen LogP contribution in [0, 0.1) is 0 Å². The number of ether oxygens (including phenoxy) is 2. The van der Waals surface area contributed by atoms with Gasteiger partial charge in [-0.1, -0.05) is 23.2 Å². The standard InChI is InChI=1S/C18H17Cl2N3O4/c1-26-13-4-6-16(27-2)11(7-13)9-22-23-17(24)10-21-18(25)14-8-12(19)3-5-15(14)20/h3-9H,10H2,1-2H3,(H,21,25)(H,23,24)/b22-9+. The molecule has 0 aromatic heterocycles. The summed E-state index contributed by atoms with van der Waals surface area (Å²) in [5, 5.41) is 6.90. The van der Waals surface area contributed by atoms with Crippen LogP contribution in [0.2, 0.25) is 10.0 Å². The third-order valence-electron chi connectivity index (χ3n) is 3.41. The van der Waals surface area contributed by atoms with E-state index >= 15 is 0 Å². The highest BCUT2D eigenvalue weighted by Gasteiger charge is 2.12. The lowest BCUT2D eigenvalue weighted by molar-refractivity contribution is -0.120. The Balaban J connectivity index is 1.92. The Morgan fingerprint density at radius 3 is 2.59 bits per heavy atom. The van der Waals surface area contributed by atoms with Crippen LogP contribution in [0.1, 0.15) is 15.9 Å². The molecule has 0 fully saturated rings. The number of hydrogen-bond acceptors (Lipinski definition) is 5. The Hall–Kier alpha value is -2.77. The minimum atomic E-state index is -0.518. The van der Waals surface area contributed by atoms with Crippen molar-refractivity contribution in [2.75, 3.05) is 20.8 Å². The number of carbonyl (C=O) groups excluding carboxylic acids is 2. The maximum Gasteiger partial charge on any atom is 0.259 e. The highest BCUT2D eigenvalue weighted by Crippen LogP contribution is 2.22. The number of hydrazone groups is 1. The Morgan fingerprint density at radius 2 is 1.89 bits per heavy atom. The van der Waals surface area contributed by atoms with Crippen LogP contribution in [0.5, 0.6) is 11.5 Å². The lowest BCUT2D eigenvalue weighted by Crippen LogP contribution is -2.35. The second kappa shape index (κ2) is 9.80. The number of methoxy groups -OCH3 is 2. The first-order valence-corrected chi connectivity index (χ1v) is 8.47. The summed E-state index contributed by atoms with van der Waals surface area (Å²) >= 11 is 11.8. The molecule has 9 heteroatoms. The minimum Gasteiger partial charge on any atom is -0.497 e. The summed E-state index contributed by atoms with van der Waals surface area (Å²) in [4.78, 5) is 23.9. The molecule has 0 bridgehead atoms. The van der Waals surface area contributed by atoms with Crippen molar-refractivity contribution >= 4 is 41.2 Å². The molecule has 0 saturated carbocycles. The first-order chi connectivity index (χ1) is 12.9. The fourth-order valence-electron chi connectivity index (χ4n) is 2.08. The fourth-order valence-corrected chi connectivity index (χ4v) is 2.46. The maximum absolute atomic E-state index is 12.1. The molecule has 0 saturated heterocycles. The maximum atomic E-state index is 12.1. The number of nitrogens with zero attached hydrogens (tertiary/aromatic N) is 1. The summed E-state index contributed by atoms with van der Waals surface area (Å²) in [5.74, 6) is 0.155. The highest BCUT2D eigenvalue weighted by molar-refractivity contribution is 6.35. The number of benzene rings is 2. The number of rotatable bonds is 7. The SMILES string of the molecule is COc1ccc(OC)c(/C=N/NC(=O)CNC(=O)c2cc(Cl)ccc2Cl)c1. The van der Waals surface area contributed by atoms with E-state index in [1.165, 1.54) is 25.5 Å². The number of amides is 2. The number of halogens is 2. The lowest BCUT2D eigenvalue weighted by Gasteiger charge is -2.07. The number of hydrogen-bond donors (Lipinski definition) is 2. The molecule has 2 amide bonds. The van der Waals surface area contributed by atoms with Crippen molar-refractivity contribution in [3.8, 4) is 11.5 Å². The molecule has 0 aliphatic carbocycles. The van der Waals surface area contributed by atoms with E-state index in [1.807, 2.05) is 0 Å². The molecule has 27 heavy (non-hydrogen) atoms. The molecule has 2 aromatic carbocycles. The quantitative estimate of drug-likeness (QED) is 0.543. The second-order valence-corrected chi connectivity index (χ2v) is 6.05. The summed E-state index contributed by atoms with van der Waals surface area (Å²) in [6.45, 7) is -0.283. The Bertz CT molecular complexity index is 872. The molecule has 2 rings (SSSR count). The molecule has 0 unspecified atom stereocenters. The zero-order valence-corrected chi connectivity index (χ0v) is 16.1. The van der Waals surface area contributed by atoms with Crippen molar-refractivity contribution in [3.05, 3.63) is 57.6 Å². The zero-order valence-electron chi connectivity index (χ0n) is 14.6. The Morgan fingerprint density at radius 1 is 1.11 bits per heavy atom. The van der Waals surface area contributed by atoms with Crippen molar-refractivity contribution < 1.29 is 19.1 Å². The van der Waals surface area contributed by atoms with Gasteiger partial charge in [0.1, 0.15) is 11.5 Å². The van der Waals surface area contributed by atoms with E-state index in [0.29, 0.717) is 22.1 Å². The van der Waals surface area contributed by atoms with Crippen molar-refractivity contribution in [1.82, 2.24) is 10.7 Å². The molecule has 0 atom stereocenters. The van der Waals surface area contributed by atoms with Crippen molar-refractivity contribution in [3.63, 3.8) is 0 Å². The first-order valence-electron chi connectivity index (χ1n) is 7.71. The summed E-state index contributed by atoms with van der Waals surface area (Å²) in [6.07, 6.45) is 1.41. The van der Waals surface area contributed by atoms with Gasteiger partial charge in [-0.15, -0.1) is 0 Å². The Kier molecular flexibility index (Phi) is 7.45. The zero-order chi connectivity index (χ0) is 19.8. The Labute approximate surface area is 166 Å². The van der Waals surface area contributed by atoms with E-state index in [2.05, 4.69) is 15.8 Å². The summed E-state index contributed by atoms with van der Waals surface area (Å²) in [5.41, 5.74) is 3.11. The third-order valence-corrected chi connectivity index (χ3v) is 3.98. The fraction of sp³-hybridized carbons (Fsp3) is 0.167. The monoisotopic (exact) mass is 409 g/mol. The van der Waals surface area contributed by atoms with E-state index in [-0.39, 0.29) is 17.1 Å². The highest BCUT2D eigenvalue weighted by atomic mass is 35.5. The minimum absolute atomic E-state index is 0.182. The van der Waals surface area contributed by atoms with Crippen LogP contribution in [-0.4, -0.2) is 38.8 Å². The van der Waals surface area contributed by atoms with Gasteiger partial charge in [-0.05, 0) is 36.4 Å². The van der Waals surface area contributed by atoms with Crippen molar-refractivity contribution in [2.24, 2.45) is 5.10 Å². The van der Waals surface area contributed by atoms with Crippen LogP contribution in [0.4, 0.5) is 0 Å². The van der Waals surface area contributed by atoms with Crippen LogP contribution < -0.4 is 20.2 Å². The third kappa shape index (κ3) is 5.87. The predicted octanol–water partition coefficient (Wildman–Crippen LogP) is 2.89. The summed E-state index contributed by atoms with van der Waals surface area (Å²) in [7, 11) is 3.06. The average molecular weight is 410 g/mol. The van der Waals surface area contributed by atoms with Gasteiger partial charge in [0, 0.05) is 10.6 Å². The molecule has 0 spiro atoms. The van der Waals surface area contributed by atoms with Gasteiger partial charge in [0.05, 0.1) is 37.6 Å². The molecule has 0 aliphatic heterocycles. The topological polar surface area (TPSA) is 89.0 Å². The van der Waals surface area contributed by atoms with Gasteiger partial charge in [0.25, 0.3) is 11.8 Å². The molecule has 2 N–H and O–H groups in total. The van der Waals surface area contributed by atoms with Crippen LogP contribution >= 0.6 is 23.2 Å². The van der Waals surface area contributed by atoms with Gasteiger partial charge in [-0.3, -0.25) is 9.59 Å². The smallest absolute Gasteiger partial charge is 0.259 e. The van der Waals surface area contributed by atoms with Crippen molar-refractivity contribution in [2.45, 2.75) is 0 Å². The number of nitrogens with one attached hydrogen (secondary N) is 2. The van der Waals surface area contributed by atoms with Gasteiger partial charge in [-0.2, -0.15) is 5.10 Å². The van der Waals surface area contributed by atoms with E-state index in [0.717, 1.165) is 0 Å². The van der Waals surface area contributed by atoms with E-state index < -0.39 is 11.8 Å². The molecular formula is C18H17Cl2N3O4. The van der Waals surface area contributed by atoms with E-state index in [1.54, 1.807) is 31.4 Å². The number of carbonyl (C=O) groups is 2. The summed E-state index contributed by atoms with van der Waals surface area (Å²) < 4.78 is 10.3. The first kappa shape index (κ1) is 20.5. The van der Waals surface area contributed by atoms with Crippen LogP contribution in [0.25, 0.3) is 0 Å². The van der Waals surface area contributed by atoms with Gasteiger partial charge in [0.2, 0.25) is 0 Å². The molecule has 2 aromatic rings. The molecule has 0 aliphatic rings. The predicted molar refractivity (Wildman–Crippen MR) is 104 cm³/mol. The van der Waals surface area contributed by atoms with Gasteiger partial charge >= 0.3 is 0 Å². The molecule has 142 valence electrons. The summed E-state index contributed by atoms with van der Waals surface area (Å²) in [6, 6.07) is 9.66. The van der Waals surface area contributed by atoms with Crippen molar-refractivity contribution in [1.29, 1.82) is 0 Å². The largest absolute Gasteiger partial charge is 0.497 e. The van der Waals surface area contributed by atoms with Crippen LogP contribution in [0.3, 0.4) is 0 Å². The van der Waals surface area contributed by atoms with E-state index in [4.69, 9.17) is 32.7 Å². The molecular weight excluding hydrogens is 393 g/mol. The lowest BCUT2D eigenvalue weighted by atomic mass is 10.2. The van der Waals surface area contributed by atoms with Gasteiger partial charge in [0.15, 0.2) is 0 Å². The molecule has 7 nitrogen and oxygen atoms in total. The molecule has 0 radical (unpaired) electrons.